The quantitative estimate of drug-likeness (QED) is 0.681. The zero-order valence-corrected chi connectivity index (χ0v) is 13.0. The first-order chi connectivity index (χ1) is 10.2. The first-order valence-electron chi connectivity index (χ1n) is 6.45. The van der Waals surface area contributed by atoms with E-state index in [1.165, 1.54) is 7.11 Å². The average Bonchev–Trinajstić information content (AvgIpc) is 2.89. The molecule has 2 aromatic heterocycles. The topological polar surface area (TPSA) is 44.1 Å². The first kappa shape index (κ1) is 13.8. The van der Waals surface area contributed by atoms with E-state index in [1.54, 1.807) is 18.3 Å². The molecule has 4 nitrogen and oxygen atoms in total. The van der Waals surface area contributed by atoms with E-state index in [4.69, 9.17) is 4.74 Å². The molecule has 3 rings (SSSR count). The summed E-state index contributed by atoms with van der Waals surface area (Å²) >= 11 is 3.42. The van der Waals surface area contributed by atoms with Crippen molar-refractivity contribution in [1.82, 2.24) is 9.55 Å². The third-order valence-corrected chi connectivity index (χ3v) is 3.73. The number of esters is 1. The van der Waals surface area contributed by atoms with Crippen molar-refractivity contribution in [3.63, 3.8) is 0 Å². The second-order valence-electron chi connectivity index (χ2n) is 4.70. The number of hydrogen-bond acceptors (Lipinski definition) is 3. The summed E-state index contributed by atoms with van der Waals surface area (Å²) in [6, 6.07) is 11.5. The van der Waals surface area contributed by atoms with Crippen LogP contribution in [-0.2, 0) is 11.3 Å². The van der Waals surface area contributed by atoms with Crippen LogP contribution >= 0.6 is 15.9 Å². The lowest BCUT2D eigenvalue weighted by Gasteiger charge is -2.06. The van der Waals surface area contributed by atoms with Gasteiger partial charge < -0.3 is 9.30 Å². The zero-order valence-electron chi connectivity index (χ0n) is 11.4. The molecule has 1 aromatic carbocycles. The molecule has 3 aromatic rings. The predicted octanol–water partition coefficient (Wildman–Crippen LogP) is 3.63. The normalized spacial score (nSPS) is 10.8. The van der Waals surface area contributed by atoms with Gasteiger partial charge in [-0.1, -0.05) is 12.1 Å². The van der Waals surface area contributed by atoms with Gasteiger partial charge in [0.2, 0.25) is 0 Å². The summed E-state index contributed by atoms with van der Waals surface area (Å²) in [5.41, 5.74) is 2.60. The van der Waals surface area contributed by atoms with Crippen molar-refractivity contribution < 1.29 is 9.53 Å². The van der Waals surface area contributed by atoms with Crippen molar-refractivity contribution in [2.75, 3.05) is 7.11 Å². The van der Waals surface area contributed by atoms with Gasteiger partial charge in [-0.15, -0.1) is 0 Å². The number of benzene rings is 1. The van der Waals surface area contributed by atoms with Crippen molar-refractivity contribution in [2.24, 2.45) is 0 Å². The van der Waals surface area contributed by atoms with Crippen LogP contribution in [0.2, 0.25) is 0 Å². The third kappa shape index (κ3) is 2.83. The Bertz CT molecular complexity index is 794. The summed E-state index contributed by atoms with van der Waals surface area (Å²) in [7, 11) is 1.38. The number of aromatic nitrogens is 2. The van der Waals surface area contributed by atoms with Crippen molar-refractivity contribution in [2.45, 2.75) is 6.54 Å². The summed E-state index contributed by atoms with van der Waals surface area (Å²) in [6.45, 7) is 0.708. The van der Waals surface area contributed by atoms with Crippen molar-refractivity contribution in [3.8, 4) is 0 Å². The molecule has 0 fully saturated rings. The minimum Gasteiger partial charge on any atom is -0.465 e. The summed E-state index contributed by atoms with van der Waals surface area (Å²) in [5, 5.41) is 1.09. The Balaban J connectivity index is 1.86. The van der Waals surface area contributed by atoms with Crippen molar-refractivity contribution in [1.29, 1.82) is 0 Å². The van der Waals surface area contributed by atoms with E-state index in [0.717, 1.165) is 21.1 Å². The fourth-order valence-electron chi connectivity index (χ4n) is 2.24. The van der Waals surface area contributed by atoms with Gasteiger partial charge in [0.1, 0.15) is 5.65 Å². The number of rotatable bonds is 3. The van der Waals surface area contributed by atoms with Crippen LogP contribution in [0.1, 0.15) is 15.9 Å². The summed E-state index contributed by atoms with van der Waals surface area (Å²) < 4.78 is 7.74. The molecule has 0 atom stereocenters. The first-order valence-corrected chi connectivity index (χ1v) is 7.24. The molecule has 0 aliphatic rings. The molecule has 0 radical (unpaired) electrons. The minimum absolute atomic E-state index is 0.320. The van der Waals surface area contributed by atoms with Crippen LogP contribution in [0.25, 0.3) is 11.0 Å². The van der Waals surface area contributed by atoms with Crippen molar-refractivity contribution >= 4 is 32.9 Å². The van der Waals surface area contributed by atoms with Crippen LogP contribution < -0.4 is 0 Å². The highest BCUT2D eigenvalue weighted by Gasteiger charge is 2.06. The second kappa shape index (κ2) is 5.69. The maximum absolute atomic E-state index is 11.4. The lowest BCUT2D eigenvalue weighted by molar-refractivity contribution is 0.0600. The number of halogens is 1. The molecule has 106 valence electrons. The van der Waals surface area contributed by atoms with Gasteiger partial charge in [0.25, 0.3) is 0 Å². The Labute approximate surface area is 130 Å². The number of carbonyl (C=O) groups is 1. The van der Waals surface area contributed by atoms with Crippen LogP contribution in [0.5, 0.6) is 0 Å². The molecule has 0 saturated heterocycles. The standard InChI is InChI=1S/C16H13BrN2O2/c1-21-16(20)12-4-2-11(3-5-12)10-19-7-6-13-8-14(17)9-18-15(13)19/h2-9H,10H2,1H3. The van der Waals surface area contributed by atoms with Gasteiger partial charge in [-0.25, -0.2) is 9.78 Å². The van der Waals surface area contributed by atoms with Gasteiger partial charge in [-0.3, -0.25) is 0 Å². The fraction of sp³-hybridized carbons (Fsp3) is 0.125. The van der Waals surface area contributed by atoms with Gasteiger partial charge in [0.05, 0.1) is 12.7 Å². The van der Waals surface area contributed by atoms with Gasteiger partial charge in [-0.2, -0.15) is 0 Å². The molecule has 0 bridgehead atoms. The Morgan fingerprint density at radius 3 is 2.76 bits per heavy atom. The smallest absolute Gasteiger partial charge is 0.337 e. The fourth-order valence-corrected chi connectivity index (χ4v) is 2.59. The van der Waals surface area contributed by atoms with E-state index >= 15 is 0 Å². The predicted molar refractivity (Wildman–Crippen MR) is 84.3 cm³/mol. The SMILES string of the molecule is COC(=O)c1ccc(Cn2ccc3cc(Br)cnc32)cc1. The molecular weight excluding hydrogens is 332 g/mol. The number of carbonyl (C=O) groups excluding carboxylic acids is 1. The molecule has 0 aliphatic carbocycles. The Morgan fingerprint density at radius 1 is 1.29 bits per heavy atom. The highest BCUT2D eigenvalue weighted by atomic mass is 79.9. The number of pyridine rings is 1. The lowest BCUT2D eigenvalue weighted by Crippen LogP contribution is -2.03. The van der Waals surface area contributed by atoms with E-state index in [0.29, 0.717) is 12.1 Å². The van der Waals surface area contributed by atoms with Crippen LogP contribution in [0, 0.1) is 0 Å². The van der Waals surface area contributed by atoms with E-state index in [2.05, 4.69) is 25.5 Å². The van der Waals surface area contributed by atoms with E-state index < -0.39 is 0 Å². The number of ether oxygens (including phenoxy) is 1. The number of methoxy groups -OCH3 is 1. The maximum Gasteiger partial charge on any atom is 0.337 e. The average molecular weight is 345 g/mol. The monoisotopic (exact) mass is 344 g/mol. The second-order valence-corrected chi connectivity index (χ2v) is 5.61. The largest absolute Gasteiger partial charge is 0.465 e. The van der Waals surface area contributed by atoms with Gasteiger partial charge in [-0.05, 0) is 45.8 Å². The summed E-state index contributed by atoms with van der Waals surface area (Å²) in [5.74, 6) is -0.320. The highest BCUT2D eigenvalue weighted by molar-refractivity contribution is 9.10. The Kier molecular flexibility index (Phi) is 3.75. The van der Waals surface area contributed by atoms with E-state index in [1.807, 2.05) is 30.5 Å². The summed E-state index contributed by atoms with van der Waals surface area (Å²) in [6.07, 6.45) is 3.80. The maximum atomic E-state index is 11.4. The molecule has 0 unspecified atom stereocenters. The Hall–Kier alpha value is -2.14. The van der Waals surface area contributed by atoms with Crippen LogP contribution in [0.15, 0.2) is 53.3 Å². The van der Waals surface area contributed by atoms with Crippen LogP contribution in [-0.4, -0.2) is 22.6 Å². The summed E-state index contributed by atoms with van der Waals surface area (Å²) in [4.78, 5) is 15.8. The molecule has 0 aliphatic heterocycles. The number of nitrogens with zero attached hydrogens (tertiary/aromatic N) is 2. The van der Waals surface area contributed by atoms with Crippen molar-refractivity contribution in [3.05, 3.63) is 64.4 Å². The van der Waals surface area contributed by atoms with Crippen LogP contribution in [0.3, 0.4) is 0 Å². The molecule has 21 heavy (non-hydrogen) atoms. The molecule has 0 saturated carbocycles. The zero-order chi connectivity index (χ0) is 14.8. The van der Waals surface area contributed by atoms with Gasteiger partial charge in [0, 0.05) is 28.8 Å². The molecule has 5 heteroatoms. The number of hydrogen-bond donors (Lipinski definition) is 0. The molecular formula is C16H13BrN2O2. The third-order valence-electron chi connectivity index (χ3n) is 3.30. The van der Waals surface area contributed by atoms with Crippen LogP contribution in [0.4, 0.5) is 0 Å². The Morgan fingerprint density at radius 2 is 2.05 bits per heavy atom. The lowest BCUT2D eigenvalue weighted by atomic mass is 10.1. The van der Waals surface area contributed by atoms with Gasteiger partial charge >= 0.3 is 5.97 Å². The molecule has 0 N–H and O–H groups in total. The number of fused-ring (bicyclic) bond motifs is 1. The van der Waals surface area contributed by atoms with E-state index in [9.17, 15) is 4.79 Å². The molecule has 2 heterocycles. The minimum atomic E-state index is -0.320. The molecule has 0 amide bonds. The van der Waals surface area contributed by atoms with E-state index in [-0.39, 0.29) is 5.97 Å². The highest BCUT2D eigenvalue weighted by Crippen LogP contribution is 2.19. The van der Waals surface area contributed by atoms with Gasteiger partial charge in [0.15, 0.2) is 0 Å². The molecule has 0 spiro atoms.